The summed E-state index contributed by atoms with van der Waals surface area (Å²) in [4.78, 5) is 8.63. The molecule has 0 aliphatic carbocycles. The number of hydrogen-bond donors (Lipinski definition) is 0. The smallest absolute Gasteiger partial charge is 0.148 e. The minimum Gasteiger partial charge on any atom is -0.489 e. The molecule has 0 aromatic carbocycles. The molecule has 1 aliphatic rings. The fourth-order valence-corrected chi connectivity index (χ4v) is 2.25. The van der Waals surface area contributed by atoms with Gasteiger partial charge < -0.3 is 9.30 Å². The molecule has 0 N–H and O–H groups in total. The van der Waals surface area contributed by atoms with E-state index in [1.807, 2.05) is 34.6 Å². The van der Waals surface area contributed by atoms with Gasteiger partial charge in [0.1, 0.15) is 23.3 Å². The van der Waals surface area contributed by atoms with Crippen molar-refractivity contribution in [1.29, 1.82) is 0 Å². The Hall–Kier alpha value is -1.55. The largest absolute Gasteiger partial charge is 0.489 e. The van der Waals surface area contributed by atoms with Crippen LogP contribution in [0.3, 0.4) is 0 Å². The average molecular weight is 310 g/mol. The quantitative estimate of drug-likeness (QED) is 0.664. The topological polar surface area (TPSA) is 39.9 Å². The molecule has 0 radical (unpaired) electrons. The number of halogens is 1. The summed E-state index contributed by atoms with van der Waals surface area (Å²) < 4.78 is 7.82. The zero-order valence-electron chi connectivity index (χ0n) is 13.7. The van der Waals surface area contributed by atoms with Crippen molar-refractivity contribution in [3.8, 4) is 17.1 Å². The second-order valence-electron chi connectivity index (χ2n) is 4.11. The van der Waals surface area contributed by atoms with Crippen molar-refractivity contribution in [2.75, 3.05) is 6.61 Å². The van der Waals surface area contributed by atoms with Crippen LogP contribution in [0.15, 0.2) is 12.3 Å². The van der Waals surface area contributed by atoms with Crippen LogP contribution in [0, 0.1) is 13.8 Å². The molecule has 1 aliphatic heterocycles. The number of aryl methyl sites for hydroxylation is 1. The van der Waals surface area contributed by atoms with Crippen LogP contribution in [0.25, 0.3) is 11.4 Å². The second kappa shape index (κ2) is 8.03. The Kier molecular flexibility index (Phi) is 6.69. The molecule has 116 valence electrons. The first-order valence-electron chi connectivity index (χ1n) is 7.49. The highest BCUT2D eigenvalue weighted by molar-refractivity contribution is 6.29. The zero-order chi connectivity index (χ0) is 16.0. The molecular formula is C16H24ClN3O. The standard InChI is InChI=1S/C12H12ClN3O.2C2H6/c1-7-8(2)16-3-4-17-10-6-14-11(13)5-9(10)12(16)15-7;2*1-2/h5-6H,3-4H2,1-2H3;2*1-2H3. The predicted molar refractivity (Wildman–Crippen MR) is 88.1 cm³/mol. The summed E-state index contributed by atoms with van der Waals surface area (Å²) in [7, 11) is 0. The second-order valence-corrected chi connectivity index (χ2v) is 4.50. The van der Waals surface area contributed by atoms with Gasteiger partial charge in [0, 0.05) is 5.69 Å². The van der Waals surface area contributed by atoms with Gasteiger partial charge in [-0.25, -0.2) is 9.97 Å². The number of nitrogens with zero attached hydrogens (tertiary/aromatic N) is 3. The summed E-state index contributed by atoms with van der Waals surface area (Å²) >= 11 is 5.94. The van der Waals surface area contributed by atoms with Crippen LogP contribution in [-0.4, -0.2) is 21.1 Å². The van der Waals surface area contributed by atoms with E-state index in [0.29, 0.717) is 11.8 Å². The summed E-state index contributed by atoms with van der Waals surface area (Å²) in [5, 5.41) is 0.458. The fraction of sp³-hybridized carbons (Fsp3) is 0.500. The molecule has 0 spiro atoms. The number of rotatable bonds is 0. The monoisotopic (exact) mass is 309 g/mol. The highest BCUT2D eigenvalue weighted by atomic mass is 35.5. The van der Waals surface area contributed by atoms with Gasteiger partial charge in [-0.1, -0.05) is 39.3 Å². The molecule has 3 heterocycles. The summed E-state index contributed by atoms with van der Waals surface area (Å²) in [6.45, 7) is 13.5. The highest BCUT2D eigenvalue weighted by Gasteiger charge is 2.20. The lowest BCUT2D eigenvalue weighted by molar-refractivity contribution is 0.304. The first kappa shape index (κ1) is 17.5. The molecule has 2 aromatic heterocycles. The van der Waals surface area contributed by atoms with Crippen molar-refractivity contribution in [2.45, 2.75) is 48.1 Å². The molecule has 0 unspecified atom stereocenters. The number of pyridine rings is 1. The number of imidazole rings is 1. The summed E-state index contributed by atoms with van der Waals surface area (Å²) in [5.41, 5.74) is 3.13. The zero-order valence-corrected chi connectivity index (χ0v) is 14.5. The molecule has 4 nitrogen and oxygen atoms in total. The third-order valence-electron chi connectivity index (χ3n) is 3.11. The van der Waals surface area contributed by atoms with Crippen LogP contribution < -0.4 is 4.74 Å². The lowest BCUT2D eigenvalue weighted by Gasteiger charge is -2.05. The van der Waals surface area contributed by atoms with E-state index >= 15 is 0 Å². The van der Waals surface area contributed by atoms with E-state index in [0.717, 1.165) is 29.4 Å². The van der Waals surface area contributed by atoms with Gasteiger partial charge in [0.15, 0.2) is 0 Å². The Morgan fingerprint density at radius 1 is 1.19 bits per heavy atom. The first-order valence-corrected chi connectivity index (χ1v) is 7.87. The maximum Gasteiger partial charge on any atom is 0.148 e. The van der Waals surface area contributed by atoms with Gasteiger partial charge in [0.05, 0.1) is 24.0 Å². The van der Waals surface area contributed by atoms with Crippen molar-refractivity contribution >= 4 is 11.6 Å². The number of ether oxygens (including phenoxy) is 1. The van der Waals surface area contributed by atoms with Crippen molar-refractivity contribution in [3.05, 3.63) is 28.8 Å². The Bertz CT molecular complexity index is 593. The number of aromatic nitrogens is 3. The molecule has 0 amide bonds. The molecule has 0 atom stereocenters. The van der Waals surface area contributed by atoms with E-state index < -0.39 is 0 Å². The molecule has 5 heteroatoms. The third kappa shape index (κ3) is 3.56. The lowest BCUT2D eigenvalue weighted by Crippen LogP contribution is -2.07. The van der Waals surface area contributed by atoms with E-state index in [9.17, 15) is 0 Å². The van der Waals surface area contributed by atoms with Crippen molar-refractivity contribution in [3.63, 3.8) is 0 Å². The van der Waals surface area contributed by atoms with Crippen LogP contribution in [0.1, 0.15) is 39.1 Å². The maximum atomic E-state index is 5.94. The summed E-state index contributed by atoms with van der Waals surface area (Å²) in [6, 6.07) is 1.81. The molecule has 0 bridgehead atoms. The molecular weight excluding hydrogens is 286 g/mol. The normalized spacial score (nSPS) is 11.6. The van der Waals surface area contributed by atoms with E-state index in [2.05, 4.69) is 21.5 Å². The predicted octanol–water partition coefficient (Wildman–Crippen LogP) is 4.66. The summed E-state index contributed by atoms with van der Waals surface area (Å²) in [6.07, 6.45) is 1.66. The van der Waals surface area contributed by atoms with Gasteiger partial charge in [0.2, 0.25) is 0 Å². The van der Waals surface area contributed by atoms with Crippen LogP contribution >= 0.6 is 11.6 Å². The highest BCUT2D eigenvalue weighted by Crippen LogP contribution is 2.33. The Morgan fingerprint density at radius 2 is 1.86 bits per heavy atom. The van der Waals surface area contributed by atoms with Crippen molar-refractivity contribution in [1.82, 2.24) is 14.5 Å². The van der Waals surface area contributed by atoms with Crippen molar-refractivity contribution < 1.29 is 4.74 Å². The first-order chi connectivity index (χ1) is 10.2. The average Bonchev–Trinajstić information content (AvgIpc) is 2.70. The van der Waals surface area contributed by atoms with Crippen LogP contribution in [0.2, 0.25) is 5.15 Å². The van der Waals surface area contributed by atoms with Gasteiger partial charge in [-0.3, -0.25) is 0 Å². The van der Waals surface area contributed by atoms with Crippen LogP contribution in [-0.2, 0) is 6.54 Å². The van der Waals surface area contributed by atoms with Crippen LogP contribution in [0.5, 0.6) is 5.75 Å². The SMILES string of the molecule is CC.CC.Cc1nc2n(c1C)CCOc1cnc(Cl)cc1-2. The van der Waals surface area contributed by atoms with Gasteiger partial charge in [0.25, 0.3) is 0 Å². The Morgan fingerprint density at radius 3 is 2.52 bits per heavy atom. The van der Waals surface area contributed by atoms with Gasteiger partial charge in [-0.2, -0.15) is 0 Å². The van der Waals surface area contributed by atoms with Gasteiger partial charge in [-0.15, -0.1) is 0 Å². The van der Waals surface area contributed by atoms with Crippen LogP contribution in [0.4, 0.5) is 0 Å². The lowest BCUT2D eigenvalue weighted by atomic mass is 10.2. The fourth-order valence-electron chi connectivity index (χ4n) is 2.09. The van der Waals surface area contributed by atoms with E-state index in [1.54, 1.807) is 12.3 Å². The minimum atomic E-state index is 0.458. The molecule has 3 rings (SSSR count). The third-order valence-corrected chi connectivity index (χ3v) is 3.31. The summed E-state index contributed by atoms with van der Waals surface area (Å²) in [5.74, 6) is 1.66. The molecule has 21 heavy (non-hydrogen) atoms. The van der Waals surface area contributed by atoms with Crippen molar-refractivity contribution in [2.24, 2.45) is 0 Å². The number of fused-ring (bicyclic) bond motifs is 3. The van der Waals surface area contributed by atoms with E-state index in [1.165, 1.54) is 5.69 Å². The minimum absolute atomic E-state index is 0.458. The maximum absolute atomic E-state index is 5.94. The Balaban J connectivity index is 0.000000510. The molecule has 0 fully saturated rings. The number of hydrogen-bond acceptors (Lipinski definition) is 3. The molecule has 0 saturated heterocycles. The van der Waals surface area contributed by atoms with Gasteiger partial charge in [-0.05, 0) is 19.9 Å². The van der Waals surface area contributed by atoms with Gasteiger partial charge >= 0.3 is 0 Å². The Labute approximate surface area is 132 Å². The molecule has 2 aromatic rings. The van der Waals surface area contributed by atoms with E-state index in [4.69, 9.17) is 16.3 Å². The molecule has 0 saturated carbocycles. The van der Waals surface area contributed by atoms with E-state index in [-0.39, 0.29) is 0 Å².